The van der Waals surface area contributed by atoms with Gasteiger partial charge in [0.25, 0.3) is 0 Å². The molecule has 1 fully saturated rings. The van der Waals surface area contributed by atoms with E-state index in [1.54, 1.807) is 0 Å². The molecule has 0 aromatic heterocycles. The molecule has 6 nitrogen and oxygen atoms in total. The second kappa shape index (κ2) is 9.60. The van der Waals surface area contributed by atoms with Crippen LogP contribution < -0.4 is 10.6 Å². The molecule has 0 radical (unpaired) electrons. The summed E-state index contributed by atoms with van der Waals surface area (Å²) in [4.78, 5) is 25.1. The van der Waals surface area contributed by atoms with Crippen molar-refractivity contribution in [3.8, 4) is 0 Å². The minimum atomic E-state index is -0.964. The summed E-state index contributed by atoms with van der Waals surface area (Å²) < 4.78 is 0. The number of piperidine rings is 1. The Balaban J connectivity index is 2.18. The smallest absolute Gasteiger partial charge is 0.326 e. The molecule has 1 aliphatic rings. The summed E-state index contributed by atoms with van der Waals surface area (Å²) in [5.74, 6) is -0.300. The third kappa shape index (κ3) is 7.32. The maximum absolute atomic E-state index is 11.7. The third-order valence-electron chi connectivity index (χ3n) is 4.13. The largest absolute Gasteiger partial charge is 0.480 e. The van der Waals surface area contributed by atoms with Gasteiger partial charge < -0.3 is 20.6 Å². The summed E-state index contributed by atoms with van der Waals surface area (Å²) >= 11 is 0. The Bertz CT molecular complexity index is 328. The van der Waals surface area contributed by atoms with Crippen LogP contribution in [0.5, 0.6) is 0 Å². The lowest BCUT2D eigenvalue weighted by molar-refractivity contribution is -0.139. The van der Waals surface area contributed by atoms with E-state index in [-0.39, 0.29) is 6.03 Å². The van der Waals surface area contributed by atoms with Crippen LogP contribution in [0, 0.1) is 5.92 Å². The number of likely N-dealkylation sites (tertiary alicyclic amines) is 1. The van der Waals surface area contributed by atoms with Crippen molar-refractivity contribution in [3.63, 3.8) is 0 Å². The Morgan fingerprint density at radius 2 is 2.00 bits per heavy atom. The lowest BCUT2D eigenvalue weighted by Gasteiger charge is -2.28. The first kappa shape index (κ1) is 17.8. The Labute approximate surface area is 127 Å². The summed E-state index contributed by atoms with van der Waals surface area (Å²) in [6, 6.07) is -1.15. The second-order valence-electron chi connectivity index (χ2n) is 5.97. The van der Waals surface area contributed by atoms with E-state index in [1.807, 2.05) is 6.92 Å². The predicted octanol–water partition coefficient (Wildman–Crippen LogP) is 1.66. The molecule has 3 N–H and O–H groups in total. The zero-order chi connectivity index (χ0) is 15.7. The molecule has 0 aliphatic carbocycles. The van der Waals surface area contributed by atoms with Gasteiger partial charge in [0.2, 0.25) is 0 Å². The number of hydrogen-bond donors (Lipinski definition) is 3. The molecule has 0 aromatic carbocycles. The van der Waals surface area contributed by atoms with E-state index in [0.717, 1.165) is 32.4 Å². The highest BCUT2D eigenvalue weighted by molar-refractivity contribution is 5.82. The highest BCUT2D eigenvalue weighted by atomic mass is 16.4. The van der Waals surface area contributed by atoms with Gasteiger partial charge in [0.05, 0.1) is 0 Å². The van der Waals surface area contributed by atoms with E-state index >= 15 is 0 Å². The highest BCUT2D eigenvalue weighted by Gasteiger charge is 2.20. The van der Waals surface area contributed by atoms with Crippen LogP contribution in [-0.4, -0.2) is 54.7 Å². The maximum atomic E-state index is 11.7. The molecule has 1 rings (SSSR count). The zero-order valence-corrected chi connectivity index (χ0v) is 13.2. The molecule has 1 atom stereocenters. The van der Waals surface area contributed by atoms with Crippen molar-refractivity contribution in [1.29, 1.82) is 0 Å². The monoisotopic (exact) mass is 299 g/mol. The number of amides is 2. The van der Waals surface area contributed by atoms with Gasteiger partial charge in [-0.25, -0.2) is 9.59 Å². The van der Waals surface area contributed by atoms with Crippen molar-refractivity contribution in [2.24, 2.45) is 5.92 Å². The highest BCUT2D eigenvalue weighted by Crippen LogP contribution is 2.18. The molecule has 0 unspecified atom stereocenters. The summed E-state index contributed by atoms with van der Waals surface area (Å²) in [5.41, 5.74) is 0. The first-order valence-corrected chi connectivity index (χ1v) is 7.98. The fraction of sp³-hybridized carbons (Fsp3) is 0.867. The van der Waals surface area contributed by atoms with Gasteiger partial charge in [0, 0.05) is 6.54 Å². The molecule has 0 saturated carbocycles. The number of nitrogens with zero attached hydrogens (tertiary/aromatic N) is 1. The third-order valence-corrected chi connectivity index (χ3v) is 4.13. The minimum Gasteiger partial charge on any atom is -0.480 e. The van der Waals surface area contributed by atoms with Crippen LogP contribution in [-0.2, 0) is 4.79 Å². The van der Waals surface area contributed by atoms with Gasteiger partial charge in [-0.3, -0.25) is 0 Å². The number of carbonyl (C=O) groups is 2. The summed E-state index contributed by atoms with van der Waals surface area (Å²) in [6.45, 7) is 4.85. The van der Waals surface area contributed by atoms with E-state index in [2.05, 4.69) is 22.6 Å². The van der Waals surface area contributed by atoms with Gasteiger partial charge in [-0.05, 0) is 51.7 Å². The zero-order valence-electron chi connectivity index (χ0n) is 13.2. The summed E-state index contributed by atoms with van der Waals surface area (Å²) in [6.07, 6.45) is 5.51. The van der Waals surface area contributed by atoms with E-state index in [9.17, 15) is 9.59 Å². The van der Waals surface area contributed by atoms with E-state index < -0.39 is 12.0 Å². The molecular formula is C15H29N3O3. The number of unbranched alkanes of at least 4 members (excludes halogenated alkanes) is 1. The minimum absolute atomic E-state index is 0.369. The molecule has 1 saturated heterocycles. The van der Waals surface area contributed by atoms with Crippen LogP contribution in [0.25, 0.3) is 0 Å². The lowest BCUT2D eigenvalue weighted by atomic mass is 9.94. The molecule has 1 heterocycles. The van der Waals surface area contributed by atoms with Crippen LogP contribution in [0.2, 0.25) is 0 Å². The molecule has 1 aliphatic heterocycles. The fourth-order valence-corrected chi connectivity index (χ4v) is 2.62. The van der Waals surface area contributed by atoms with Crippen molar-refractivity contribution in [2.45, 2.75) is 51.5 Å². The van der Waals surface area contributed by atoms with Gasteiger partial charge >= 0.3 is 12.0 Å². The topological polar surface area (TPSA) is 81.7 Å². The van der Waals surface area contributed by atoms with Crippen molar-refractivity contribution < 1.29 is 14.7 Å². The lowest BCUT2D eigenvalue weighted by Crippen LogP contribution is -2.46. The van der Waals surface area contributed by atoms with Crippen LogP contribution in [0.15, 0.2) is 0 Å². The summed E-state index contributed by atoms with van der Waals surface area (Å²) in [7, 11) is 2.13. The van der Waals surface area contributed by atoms with Crippen LogP contribution in [0.1, 0.15) is 45.4 Å². The number of rotatable bonds is 8. The number of urea groups is 1. The average molecular weight is 299 g/mol. The predicted molar refractivity (Wildman–Crippen MR) is 82.3 cm³/mol. The molecule has 6 heteroatoms. The van der Waals surface area contributed by atoms with Crippen molar-refractivity contribution >= 4 is 12.0 Å². The van der Waals surface area contributed by atoms with E-state index in [4.69, 9.17) is 5.11 Å². The van der Waals surface area contributed by atoms with Crippen LogP contribution in [0.4, 0.5) is 4.79 Å². The van der Waals surface area contributed by atoms with Gasteiger partial charge in [0.1, 0.15) is 6.04 Å². The maximum Gasteiger partial charge on any atom is 0.326 e. The Kier molecular flexibility index (Phi) is 8.12. The van der Waals surface area contributed by atoms with Crippen molar-refractivity contribution in [2.75, 3.05) is 26.7 Å². The molecular weight excluding hydrogens is 270 g/mol. The normalized spacial score (nSPS) is 18.2. The molecule has 0 spiro atoms. The Hall–Kier alpha value is -1.30. The number of aliphatic carboxylic acids is 1. The fourth-order valence-electron chi connectivity index (χ4n) is 2.62. The first-order valence-electron chi connectivity index (χ1n) is 7.98. The Morgan fingerprint density at radius 1 is 1.33 bits per heavy atom. The average Bonchev–Trinajstić information content (AvgIpc) is 2.45. The number of nitrogens with one attached hydrogen (secondary N) is 2. The number of carboxylic acid groups (broad SMARTS) is 1. The standard InChI is InChI=1S/C15H29N3O3/c1-3-4-5-13(14(19)20)17-15(21)16-9-6-12-7-10-18(2)11-8-12/h12-13H,3-11H2,1-2H3,(H,19,20)(H2,16,17,21)/t13-/m0/s1. The quantitative estimate of drug-likeness (QED) is 0.636. The van der Waals surface area contributed by atoms with Gasteiger partial charge in [-0.1, -0.05) is 19.8 Å². The van der Waals surface area contributed by atoms with E-state index in [0.29, 0.717) is 18.9 Å². The molecule has 21 heavy (non-hydrogen) atoms. The van der Waals surface area contributed by atoms with Crippen LogP contribution in [0.3, 0.4) is 0 Å². The van der Waals surface area contributed by atoms with Crippen molar-refractivity contribution in [3.05, 3.63) is 0 Å². The molecule has 122 valence electrons. The number of carboxylic acids is 1. The van der Waals surface area contributed by atoms with Gasteiger partial charge in [0.15, 0.2) is 0 Å². The van der Waals surface area contributed by atoms with Crippen molar-refractivity contribution in [1.82, 2.24) is 15.5 Å². The second-order valence-corrected chi connectivity index (χ2v) is 5.97. The summed E-state index contributed by atoms with van der Waals surface area (Å²) in [5, 5.41) is 14.4. The first-order chi connectivity index (χ1) is 10.0. The van der Waals surface area contributed by atoms with Gasteiger partial charge in [-0.2, -0.15) is 0 Å². The molecule has 0 bridgehead atoms. The number of carbonyl (C=O) groups excluding carboxylic acids is 1. The SMILES string of the molecule is CCCC[C@H](NC(=O)NCCC1CCN(C)CC1)C(=O)O. The number of hydrogen-bond acceptors (Lipinski definition) is 3. The molecule has 0 aromatic rings. The molecule has 2 amide bonds. The van der Waals surface area contributed by atoms with E-state index in [1.165, 1.54) is 12.8 Å². The van der Waals surface area contributed by atoms with Gasteiger partial charge in [-0.15, -0.1) is 0 Å². The Morgan fingerprint density at radius 3 is 2.57 bits per heavy atom. The van der Waals surface area contributed by atoms with Crippen LogP contribution >= 0.6 is 0 Å².